The van der Waals surface area contributed by atoms with E-state index in [1.54, 1.807) is 0 Å². The fourth-order valence-corrected chi connectivity index (χ4v) is 2.35. The minimum absolute atomic E-state index is 0.428. The zero-order valence-corrected chi connectivity index (χ0v) is 9.22. The number of rotatable bonds is 3. The number of H-pyrrole nitrogens is 1. The first-order valence-electron chi connectivity index (χ1n) is 5.30. The molecule has 1 aliphatic rings. The minimum atomic E-state index is 0.428. The van der Waals surface area contributed by atoms with Crippen molar-refractivity contribution in [2.24, 2.45) is 5.92 Å². The highest BCUT2D eigenvalue weighted by molar-refractivity contribution is 6.16. The molecule has 14 heavy (non-hydrogen) atoms. The predicted molar refractivity (Wildman–Crippen MR) is 56.3 cm³/mol. The maximum atomic E-state index is 5.67. The van der Waals surface area contributed by atoms with Crippen molar-refractivity contribution >= 4 is 11.6 Å². The summed E-state index contributed by atoms with van der Waals surface area (Å²) in [4.78, 5) is 4.38. The number of alkyl halides is 1. The molecule has 3 nitrogen and oxygen atoms in total. The summed E-state index contributed by atoms with van der Waals surface area (Å²) in [5.74, 6) is 3.63. The maximum absolute atomic E-state index is 5.67. The van der Waals surface area contributed by atoms with E-state index in [0.29, 0.717) is 11.8 Å². The summed E-state index contributed by atoms with van der Waals surface area (Å²) in [5, 5.41) is 7.09. The molecule has 4 heteroatoms. The lowest BCUT2D eigenvalue weighted by Gasteiger charge is -2.04. The van der Waals surface area contributed by atoms with Crippen LogP contribution in [0.15, 0.2) is 0 Å². The van der Waals surface area contributed by atoms with Crippen LogP contribution < -0.4 is 0 Å². The first kappa shape index (κ1) is 9.97. The highest BCUT2D eigenvalue weighted by Crippen LogP contribution is 2.38. The standard InChI is InChI=1S/C10H16ClN3/c1-2-7-3-4-8(5-7)10-12-9(6-11)13-14-10/h7-8H,2-6H2,1H3,(H,12,13,14). The average Bonchev–Trinajstić information content (AvgIpc) is 2.86. The van der Waals surface area contributed by atoms with Gasteiger partial charge in [0, 0.05) is 5.92 Å². The van der Waals surface area contributed by atoms with Crippen LogP contribution in [0, 0.1) is 5.92 Å². The molecular formula is C10H16ClN3. The van der Waals surface area contributed by atoms with E-state index in [0.717, 1.165) is 17.6 Å². The summed E-state index contributed by atoms with van der Waals surface area (Å²) < 4.78 is 0. The summed E-state index contributed by atoms with van der Waals surface area (Å²) in [6.07, 6.45) is 5.09. The lowest BCUT2D eigenvalue weighted by Crippen LogP contribution is -1.97. The number of nitrogens with zero attached hydrogens (tertiary/aromatic N) is 2. The van der Waals surface area contributed by atoms with Crippen LogP contribution >= 0.6 is 11.6 Å². The van der Waals surface area contributed by atoms with E-state index in [4.69, 9.17) is 11.6 Å². The summed E-state index contributed by atoms with van der Waals surface area (Å²) in [7, 11) is 0. The fraction of sp³-hybridized carbons (Fsp3) is 0.800. The lowest BCUT2D eigenvalue weighted by molar-refractivity contribution is 0.517. The molecule has 1 fully saturated rings. The van der Waals surface area contributed by atoms with Crippen molar-refractivity contribution < 1.29 is 0 Å². The van der Waals surface area contributed by atoms with Crippen LogP contribution in [0.1, 0.15) is 50.2 Å². The molecule has 1 saturated carbocycles. The maximum Gasteiger partial charge on any atom is 0.153 e. The van der Waals surface area contributed by atoms with Gasteiger partial charge in [-0.2, -0.15) is 5.10 Å². The van der Waals surface area contributed by atoms with Gasteiger partial charge in [-0.05, 0) is 25.2 Å². The first-order chi connectivity index (χ1) is 6.83. The Morgan fingerprint density at radius 3 is 2.93 bits per heavy atom. The van der Waals surface area contributed by atoms with Crippen LogP contribution in [0.4, 0.5) is 0 Å². The normalized spacial score (nSPS) is 27.0. The zero-order valence-electron chi connectivity index (χ0n) is 8.46. The van der Waals surface area contributed by atoms with E-state index >= 15 is 0 Å². The van der Waals surface area contributed by atoms with Crippen molar-refractivity contribution in [3.8, 4) is 0 Å². The predicted octanol–water partition coefficient (Wildman–Crippen LogP) is 2.84. The van der Waals surface area contributed by atoms with E-state index in [1.807, 2.05) is 0 Å². The van der Waals surface area contributed by atoms with E-state index in [9.17, 15) is 0 Å². The monoisotopic (exact) mass is 213 g/mol. The number of hydrogen-bond donors (Lipinski definition) is 1. The van der Waals surface area contributed by atoms with Crippen molar-refractivity contribution in [2.75, 3.05) is 0 Å². The Labute approximate surface area is 89.3 Å². The Bertz CT molecular complexity index is 297. The van der Waals surface area contributed by atoms with E-state index in [-0.39, 0.29) is 0 Å². The summed E-state index contributed by atoms with van der Waals surface area (Å²) in [6, 6.07) is 0. The second-order valence-corrected chi connectivity index (χ2v) is 4.33. The second-order valence-electron chi connectivity index (χ2n) is 4.06. The van der Waals surface area contributed by atoms with Crippen molar-refractivity contribution in [2.45, 2.75) is 44.4 Å². The second kappa shape index (κ2) is 4.30. The lowest BCUT2D eigenvalue weighted by atomic mass is 10.0. The van der Waals surface area contributed by atoms with Gasteiger partial charge in [-0.3, -0.25) is 5.10 Å². The quantitative estimate of drug-likeness (QED) is 0.785. The van der Waals surface area contributed by atoms with Crippen LogP contribution in [0.25, 0.3) is 0 Å². The van der Waals surface area contributed by atoms with Gasteiger partial charge in [-0.15, -0.1) is 11.6 Å². The third kappa shape index (κ3) is 1.92. The molecule has 0 spiro atoms. The third-order valence-electron chi connectivity index (χ3n) is 3.16. The Morgan fingerprint density at radius 1 is 1.50 bits per heavy atom. The average molecular weight is 214 g/mol. The molecule has 2 atom stereocenters. The van der Waals surface area contributed by atoms with Crippen LogP contribution in [-0.4, -0.2) is 15.2 Å². The van der Waals surface area contributed by atoms with Crippen LogP contribution in [0.3, 0.4) is 0 Å². The van der Waals surface area contributed by atoms with Crippen molar-refractivity contribution in [1.29, 1.82) is 0 Å². The molecule has 0 radical (unpaired) electrons. The van der Waals surface area contributed by atoms with Gasteiger partial charge in [-0.1, -0.05) is 13.3 Å². The van der Waals surface area contributed by atoms with Gasteiger partial charge >= 0.3 is 0 Å². The molecule has 78 valence electrons. The van der Waals surface area contributed by atoms with Gasteiger partial charge in [0.25, 0.3) is 0 Å². The molecule has 1 aromatic rings. The number of hydrogen-bond acceptors (Lipinski definition) is 2. The Kier molecular flexibility index (Phi) is 3.06. The fourth-order valence-electron chi connectivity index (χ4n) is 2.23. The first-order valence-corrected chi connectivity index (χ1v) is 5.84. The summed E-state index contributed by atoms with van der Waals surface area (Å²) >= 11 is 5.67. The zero-order chi connectivity index (χ0) is 9.97. The number of halogens is 1. The van der Waals surface area contributed by atoms with Gasteiger partial charge in [0.05, 0.1) is 5.88 Å². The van der Waals surface area contributed by atoms with Gasteiger partial charge in [0.15, 0.2) is 5.82 Å². The molecule has 0 amide bonds. The third-order valence-corrected chi connectivity index (χ3v) is 3.41. The molecule has 0 bridgehead atoms. The molecule has 1 N–H and O–H groups in total. The highest BCUT2D eigenvalue weighted by Gasteiger charge is 2.27. The minimum Gasteiger partial charge on any atom is -0.262 e. The Morgan fingerprint density at radius 2 is 2.36 bits per heavy atom. The Hall–Kier alpha value is -0.570. The molecule has 0 aromatic carbocycles. The molecule has 1 aromatic heterocycles. The SMILES string of the molecule is CCC1CCC(c2n[nH]c(CCl)n2)C1. The van der Waals surface area contributed by atoms with E-state index < -0.39 is 0 Å². The highest BCUT2D eigenvalue weighted by atomic mass is 35.5. The van der Waals surface area contributed by atoms with Crippen molar-refractivity contribution in [3.63, 3.8) is 0 Å². The molecule has 1 heterocycles. The van der Waals surface area contributed by atoms with E-state index in [1.165, 1.54) is 25.7 Å². The van der Waals surface area contributed by atoms with Crippen LogP contribution in [0.2, 0.25) is 0 Å². The summed E-state index contributed by atoms with van der Waals surface area (Å²) in [6.45, 7) is 2.26. The van der Waals surface area contributed by atoms with Gasteiger partial charge in [0.2, 0.25) is 0 Å². The molecule has 2 unspecified atom stereocenters. The van der Waals surface area contributed by atoms with E-state index in [2.05, 4.69) is 22.1 Å². The molecule has 1 aliphatic carbocycles. The van der Waals surface area contributed by atoms with Gasteiger partial charge in [-0.25, -0.2) is 4.98 Å². The molecular weight excluding hydrogens is 198 g/mol. The smallest absolute Gasteiger partial charge is 0.153 e. The molecule has 0 saturated heterocycles. The summed E-state index contributed by atoms with van der Waals surface area (Å²) in [5.41, 5.74) is 0. The van der Waals surface area contributed by atoms with Crippen molar-refractivity contribution in [1.82, 2.24) is 15.2 Å². The van der Waals surface area contributed by atoms with Gasteiger partial charge in [0.1, 0.15) is 5.82 Å². The van der Waals surface area contributed by atoms with Crippen molar-refractivity contribution in [3.05, 3.63) is 11.6 Å². The topological polar surface area (TPSA) is 41.6 Å². The largest absolute Gasteiger partial charge is 0.262 e. The molecule has 0 aliphatic heterocycles. The number of aromatic amines is 1. The number of aromatic nitrogens is 3. The molecule has 2 rings (SSSR count). The number of nitrogens with one attached hydrogen (secondary N) is 1. The Balaban J connectivity index is 2.02. The van der Waals surface area contributed by atoms with Gasteiger partial charge < -0.3 is 0 Å². The van der Waals surface area contributed by atoms with Crippen LogP contribution in [0.5, 0.6) is 0 Å². The van der Waals surface area contributed by atoms with Crippen LogP contribution in [-0.2, 0) is 5.88 Å².